The Hall–Kier alpha value is -0.870. The van der Waals surface area contributed by atoms with Crippen LogP contribution in [0.15, 0.2) is 12.4 Å². The molecule has 0 amide bonds. The summed E-state index contributed by atoms with van der Waals surface area (Å²) in [4.78, 5) is 4.28. The topological polar surface area (TPSA) is 53.1 Å². The maximum Gasteiger partial charge on any atom is 0.108 e. The van der Waals surface area contributed by atoms with E-state index >= 15 is 0 Å². The van der Waals surface area contributed by atoms with Gasteiger partial charge in [0, 0.05) is 38.5 Å². The Kier molecular flexibility index (Phi) is 4.50. The standard InChI is InChI=1S/C12H23N3O/c1-5-16-12(2,3)10(13)6-7-11-14-8-9-15(11)4/h8-10H,5-7,13H2,1-4H3. The third kappa shape index (κ3) is 3.32. The van der Waals surface area contributed by atoms with Crippen molar-refractivity contribution >= 4 is 0 Å². The van der Waals surface area contributed by atoms with E-state index < -0.39 is 0 Å². The van der Waals surface area contributed by atoms with Crippen LogP contribution >= 0.6 is 0 Å². The maximum absolute atomic E-state index is 6.14. The molecule has 1 heterocycles. The quantitative estimate of drug-likeness (QED) is 0.798. The predicted molar refractivity (Wildman–Crippen MR) is 65.2 cm³/mol. The molecule has 1 aromatic rings. The molecule has 2 N–H and O–H groups in total. The number of aryl methyl sites for hydroxylation is 2. The van der Waals surface area contributed by atoms with Crippen LogP contribution in [0.25, 0.3) is 0 Å². The second-order valence-electron chi connectivity index (χ2n) is 4.64. The van der Waals surface area contributed by atoms with Crippen LogP contribution in [0.4, 0.5) is 0 Å². The van der Waals surface area contributed by atoms with Crippen molar-refractivity contribution in [1.29, 1.82) is 0 Å². The van der Waals surface area contributed by atoms with Crippen molar-refractivity contribution < 1.29 is 4.74 Å². The summed E-state index contributed by atoms with van der Waals surface area (Å²) in [6.07, 6.45) is 5.54. The van der Waals surface area contributed by atoms with Gasteiger partial charge in [-0.1, -0.05) is 0 Å². The molecule has 0 saturated carbocycles. The van der Waals surface area contributed by atoms with Crippen LogP contribution in [0.3, 0.4) is 0 Å². The van der Waals surface area contributed by atoms with Gasteiger partial charge in [0.1, 0.15) is 5.82 Å². The van der Waals surface area contributed by atoms with Crippen molar-refractivity contribution in [2.24, 2.45) is 12.8 Å². The Morgan fingerprint density at radius 1 is 1.56 bits per heavy atom. The lowest BCUT2D eigenvalue weighted by molar-refractivity contribution is -0.0307. The fraction of sp³-hybridized carbons (Fsp3) is 0.750. The highest BCUT2D eigenvalue weighted by Gasteiger charge is 2.26. The molecular formula is C12H23N3O. The summed E-state index contributed by atoms with van der Waals surface area (Å²) in [7, 11) is 2.00. The minimum absolute atomic E-state index is 0.0316. The van der Waals surface area contributed by atoms with Gasteiger partial charge < -0.3 is 15.0 Å². The van der Waals surface area contributed by atoms with E-state index in [0.717, 1.165) is 18.7 Å². The van der Waals surface area contributed by atoms with Gasteiger partial charge in [0.25, 0.3) is 0 Å². The molecule has 4 heteroatoms. The van der Waals surface area contributed by atoms with E-state index in [1.807, 2.05) is 44.8 Å². The SMILES string of the molecule is CCOC(C)(C)C(N)CCc1nccn1C. The highest BCUT2D eigenvalue weighted by Crippen LogP contribution is 2.17. The lowest BCUT2D eigenvalue weighted by atomic mass is 9.95. The molecule has 0 radical (unpaired) electrons. The third-order valence-electron chi connectivity index (χ3n) is 3.01. The Balaban J connectivity index is 2.46. The molecule has 0 spiro atoms. The van der Waals surface area contributed by atoms with E-state index in [2.05, 4.69) is 4.98 Å². The highest BCUT2D eigenvalue weighted by molar-refractivity contribution is 4.94. The second-order valence-corrected chi connectivity index (χ2v) is 4.64. The van der Waals surface area contributed by atoms with E-state index in [1.54, 1.807) is 0 Å². The minimum Gasteiger partial charge on any atom is -0.374 e. The molecule has 0 aromatic carbocycles. The number of hydrogen-bond acceptors (Lipinski definition) is 3. The Morgan fingerprint density at radius 2 is 2.25 bits per heavy atom. The average molecular weight is 225 g/mol. The number of rotatable bonds is 6. The second kappa shape index (κ2) is 5.46. The van der Waals surface area contributed by atoms with Crippen LogP contribution in [0, 0.1) is 0 Å². The molecule has 1 unspecified atom stereocenters. The predicted octanol–water partition coefficient (Wildman–Crippen LogP) is 1.50. The van der Waals surface area contributed by atoms with E-state index in [9.17, 15) is 0 Å². The normalized spacial score (nSPS) is 14.1. The average Bonchev–Trinajstić information content (AvgIpc) is 2.60. The number of nitrogens with two attached hydrogens (primary N) is 1. The summed E-state index contributed by atoms with van der Waals surface area (Å²) in [5.41, 5.74) is 5.88. The molecule has 0 saturated heterocycles. The zero-order chi connectivity index (χ0) is 12.2. The molecule has 0 fully saturated rings. The summed E-state index contributed by atoms with van der Waals surface area (Å²) in [6, 6.07) is 0.0316. The van der Waals surface area contributed by atoms with Gasteiger partial charge in [-0.3, -0.25) is 0 Å². The van der Waals surface area contributed by atoms with Crippen molar-refractivity contribution in [3.05, 3.63) is 18.2 Å². The van der Waals surface area contributed by atoms with Gasteiger partial charge >= 0.3 is 0 Å². The first-order chi connectivity index (χ1) is 7.47. The number of nitrogens with zero attached hydrogens (tertiary/aromatic N) is 2. The molecule has 0 aliphatic rings. The van der Waals surface area contributed by atoms with E-state index in [-0.39, 0.29) is 11.6 Å². The van der Waals surface area contributed by atoms with Gasteiger partial charge in [0.15, 0.2) is 0 Å². The van der Waals surface area contributed by atoms with Crippen LogP contribution in [-0.4, -0.2) is 27.8 Å². The van der Waals surface area contributed by atoms with Gasteiger partial charge in [0.05, 0.1) is 5.60 Å². The number of hydrogen-bond donors (Lipinski definition) is 1. The molecule has 4 nitrogen and oxygen atoms in total. The van der Waals surface area contributed by atoms with Crippen molar-refractivity contribution in [3.8, 4) is 0 Å². The molecule has 16 heavy (non-hydrogen) atoms. The first-order valence-electron chi connectivity index (χ1n) is 5.83. The van der Waals surface area contributed by atoms with Crippen LogP contribution in [0.2, 0.25) is 0 Å². The van der Waals surface area contributed by atoms with E-state index in [1.165, 1.54) is 0 Å². The minimum atomic E-state index is -0.264. The molecule has 0 bridgehead atoms. The number of ether oxygens (including phenoxy) is 1. The van der Waals surface area contributed by atoms with Gasteiger partial charge in [-0.15, -0.1) is 0 Å². The van der Waals surface area contributed by atoms with Crippen molar-refractivity contribution in [3.63, 3.8) is 0 Å². The van der Waals surface area contributed by atoms with Gasteiger partial charge in [-0.05, 0) is 27.2 Å². The van der Waals surface area contributed by atoms with Crippen molar-refractivity contribution in [2.75, 3.05) is 6.61 Å². The zero-order valence-electron chi connectivity index (χ0n) is 10.7. The lowest BCUT2D eigenvalue weighted by Crippen LogP contribution is -2.45. The van der Waals surface area contributed by atoms with Gasteiger partial charge in [-0.2, -0.15) is 0 Å². The Bertz CT molecular complexity index is 320. The van der Waals surface area contributed by atoms with Crippen molar-refractivity contribution in [1.82, 2.24) is 9.55 Å². The third-order valence-corrected chi connectivity index (χ3v) is 3.01. The fourth-order valence-corrected chi connectivity index (χ4v) is 1.75. The molecule has 0 aliphatic heterocycles. The summed E-state index contributed by atoms with van der Waals surface area (Å²) in [5, 5.41) is 0. The maximum atomic E-state index is 6.14. The summed E-state index contributed by atoms with van der Waals surface area (Å²) in [6.45, 7) is 6.77. The zero-order valence-corrected chi connectivity index (χ0v) is 10.7. The Morgan fingerprint density at radius 3 is 2.75 bits per heavy atom. The van der Waals surface area contributed by atoms with Crippen LogP contribution in [0.1, 0.15) is 33.0 Å². The number of imidazole rings is 1. The first-order valence-corrected chi connectivity index (χ1v) is 5.83. The van der Waals surface area contributed by atoms with Gasteiger partial charge in [-0.25, -0.2) is 4.98 Å². The molecule has 1 atom stereocenters. The largest absolute Gasteiger partial charge is 0.374 e. The highest BCUT2D eigenvalue weighted by atomic mass is 16.5. The summed E-state index contributed by atoms with van der Waals surface area (Å²) >= 11 is 0. The van der Waals surface area contributed by atoms with E-state index in [0.29, 0.717) is 6.61 Å². The fourth-order valence-electron chi connectivity index (χ4n) is 1.75. The van der Waals surface area contributed by atoms with Gasteiger partial charge in [0.2, 0.25) is 0 Å². The molecule has 0 aliphatic carbocycles. The number of aromatic nitrogens is 2. The monoisotopic (exact) mass is 225 g/mol. The molecule has 1 aromatic heterocycles. The van der Waals surface area contributed by atoms with Crippen LogP contribution in [0.5, 0.6) is 0 Å². The van der Waals surface area contributed by atoms with Crippen LogP contribution in [-0.2, 0) is 18.2 Å². The first kappa shape index (κ1) is 13.2. The summed E-state index contributed by atoms with van der Waals surface area (Å²) < 4.78 is 7.67. The molecule has 1 rings (SSSR count). The van der Waals surface area contributed by atoms with Crippen molar-refractivity contribution in [2.45, 2.75) is 45.3 Å². The summed E-state index contributed by atoms with van der Waals surface area (Å²) in [5.74, 6) is 1.07. The molecule has 92 valence electrons. The van der Waals surface area contributed by atoms with Crippen LogP contribution < -0.4 is 5.73 Å². The molecular weight excluding hydrogens is 202 g/mol. The Labute approximate surface area is 97.8 Å². The smallest absolute Gasteiger partial charge is 0.108 e. The lowest BCUT2D eigenvalue weighted by Gasteiger charge is -2.31. The van der Waals surface area contributed by atoms with E-state index in [4.69, 9.17) is 10.5 Å².